The maximum absolute atomic E-state index is 14.0. The SMILES string of the molecule is COc1ccc(C([O-])=C2C(=O)C(=O)N(CCC[n+]3cc[nH]c3)C2c2cccc(F)c2)cc1Cl. The number of amides is 1. The molecule has 1 amide bonds. The summed E-state index contributed by atoms with van der Waals surface area (Å²) in [5.41, 5.74) is 0.274. The molecule has 0 spiro atoms. The smallest absolute Gasteiger partial charge is 0.295 e. The van der Waals surface area contributed by atoms with E-state index in [0.717, 1.165) is 0 Å². The molecule has 1 N–H and O–H groups in total. The third-order valence-electron chi connectivity index (χ3n) is 5.53. The number of nitrogens with one attached hydrogen (secondary N) is 1. The number of carbonyl (C=O) groups is 2. The second kappa shape index (κ2) is 9.46. The number of hydrogen-bond acceptors (Lipinski definition) is 4. The molecule has 0 saturated carbocycles. The van der Waals surface area contributed by atoms with Gasteiger partial charge >= 0.3 is 0 Å². The molecule has 0 aliphatic carbocycles. The number of H-pyrrole nitrogens is 1. The second-order valence-corrected chi connectivity index (χ2v) is 7.99. The Kier molecular flexibility index (Phi) is 6.46. The number of ketones is 1. The van der Waals surface area contributed by atoms with Crippen LogP contribution in [0.25, 0.3) is 5.76 Å². The molecular weight excluding hydrogens is 449 g/mol. The van der Waals surface area contributed by atoms with Gasteiger partial charge in [-0.05, 0) is 35.4 Å². The zero-order valence-electron chi connectivity index (χ0n) is 17.8. The number of ether oxygens (including phenoxy) is 1. The van der Waals surface area contributed by atoms with Crippen molar-refractivity contribution in [2.45, 2.75) is 19.0 Å². The van der Waals surface area contributed by atoms with Crippen molar-refractivity contribution in [1.82, 2.24) is 9.88 Å². The summed E-state index contributed by atoms with van der Waals surface area (Å²) in [5, 5.41) is 13.6. The van der Waals surface area contributed by atoms with Crippen molar-refractivity contribution < 1.29 is 28.4 Å². The van der Waals surface area contributed by atoms with Crippen molar-refractivity contribution >= 4 is 29.1 Å². The molecule has 7 nitrogen and oxygen atoms in total. The van der Waals surface area contributed by atoms with Gasteiger partial charge in [-0.25, -0.2) is 8.96 Å². The Morgan fingerprint density at radius 3 is 2.76 bits per heavy atom. The first-order chi connectivity index (χ1) is 15.9. The van der Waals surface area contributed by atoms with Crippen LogP contribution in [0.3, 0.4) is 0 Å². The van der Waals surface area contributed by atoms with E-state index in [0.29, 0.717) is 24.3 Å². The van der Waals surface area contributed by atoms with E-state index < -0.39 is 29.3 Å². The minimum atomic E-state index is -0.995. The highest BCUT2D eigenvalue weighted by molar-refractivity contribution is 6.46. The van der Waals surface area contributed by atoms with Gasteiger partial charge in [0, 0.05) is 18.5 Å². The number of Topliss-reactive ketones (excluding diaryl/α,β-unsaturated/α-hetero) is 1. The zero-order chi connectivity index (χ0) is 23.5. The van der Waals surface area contributed by atoms with Crippen LogP contribution in [0.4, 0.5) is 4.39 Å². The summed E-state index contributed by atoms with van der Waals surface area (Å²) < 4.78 is 21.1. The van der Waals surface area contributed by atoms with E-state index in [9.17, 15) is 19.1 Å². The quantitative estimate of drug-likeness (QED) is 0.249. The number of hydrogen-bond donors (Lipinski definition) is 1. The van der Waals surface area contributed by atoms with Gasteiger partial charge in [-0.15, -0.1) is 0 Å². The van der Waals surface area contributed by atoms with E-state index in [4.69, 9.17) is 16.3 Å². The van der Waals surface area contributed by atoms with Crippen LogP contribution in [0.15, 0.2) is 66.8 Å². The van der Waals surface area contributed by atoms with Crippen LogP contribution in [-0.2, 0) is 16.1 Å². The van der Waals surface area contributed by atoms with Crippen LogP contribution in [0.1, 0.15) is 23.6 Å². The summed E-state index contributed by atoms with van der Waals surface area (Å²) in [6.45, 7) is 0.804. The van der Waals surface area contributed by atoms with E-state index >= 15 is 0 Å². The Balaban J connectivity index is 1.75. The van der Waals surface area contributed by atoms with Crippen LogP contribution in [-0.4, -0.2) is 35.2 Å². The predicted octanol–water partition coefficient (Wildman–Crippen LogP) is 2.42. The Labute approximate surface area is 194 Å². The highest BCUT2D eigenvalue weighted by Gasteiger charge is 2.44. The molecule has 1 saturated heterocycles. The van der Waals surface area contributed by atoms with Crippen molar-refractivity contribution in [3.05, 3.63) is 88.7 Å². The standard InChI is InChI=1S/C24H21ClFN3O4/c1-33-19-7-6-16(13-18(19)25)22(30)20-21(15-4-2-5-17(26)12-15)29(24(32)23(20)31)10-3-9-28-11-8-27-14-28/h2,4-8,11-14,21H,3,9-10H2,1H3,(H,30,31). The molecule has 170 valence electrons. The molecule has 9 heteroatoms. The monoisotopic (exact) mass is 469 g/mol. The third kappa shape index (κ3) is 4.47. The maximum atomic E-state index is 14.0. The minimum Gasteiger partial charge on any atom is -0.872 e. The summed E-state index contributed by atoms with van der Waals surface area (Å²) in [4.78, 5) is 30.2. The maximum Gasteiger partial charge on any atom is 0.295 e. The number of imidazole rings is 1. The lowest BCUT2D eigenvalue weighted by molar-refractivity contribution is -0.695. The van der Waals surface area contributed by atoms with E-state index in [1.165, 1.54) is 48.4 Å². The Bertz CT molecular complexity index is 1230. The van der Waals surface area contributed by atoms with Gasteiger partial charge in [0.05, 0.1) is 24.7 Å². The van der Waals surface area contributed by atoms with Crippen molar-refractivity contribution in [1.29, 1.82) is 0 Å². The molecule has 1 aliphatic rings. The first-order valence-corrected chi connectivity index (χ1v) is 10.7. The minimum absolute atomic E-state index is 0.142. The van der Waals surface area contributed by atoms with Gasteiger partial charge in [0.2, 0.25) is 12.1 Å². The molecule has 1 fully saturated rings. The highest BCUT2D eigenvalue weighted by atomic mass is 35.5. The Morgan fingerprint density at radius 2 is 2.09 bits per heavy atom. The average Bonchev–Trinajstić information content (AvgIpc) is 3.41. The first kappa shape index (κ1) is 22.5. The lowest BCUT2D eigenvalue weighted by Gasteiger charge is -2.27. The molecule has 33 heavy (non-hydrogen) atoms. The number of benzene rings is 2. The third-order valence-corrected chi connectivity index (χ3v) is 5.82. The molecule has 1 aliphatic heterocycles. The molecule has 2 heterocycles. The van der Waals surface area contributed by atoms with Gasteiger partial charge in [-0.2, -0.15) is 0 Å². The van der Waals surface area contributed by atoms with Crippen LogP contribution in [0, 0.1) is 5.82 Å². The van der Waals surface area contributed by atoms with Gasteiger partial charge in [0.15, 0.2) is 0 Å². The number of methoxy groups -OCH3 is 1. The van der Waals surface area contributed by atoms with Crippen molar-refractivity contribution in [3.63, 3.8) is 0 Å². The summed E-state index contributed by atoms with van der Waals surface area (Å²) in [6, 6.07) is 8.97. The number of rotatable bonds is 7. The lowest BCUT2D eigenvalue weighted by Crippen LogP contribution is -2.36. The summed E-state index contributed by atoms with van der Waals surface area (Å²) in [7, 11) is 1.44. The van der Waals surface area contributed by atoms with Crippen LogP contribution in [0.5, 0.6) is 5.75 Å². The first-order valence-electron chi connectivity index (χ1n) is 10.3. The fourth-order valence-corrected chi connectivity index (χ4v) is 4.23. The fourth-order valence-electron chi connectivity index (χ4n) is 3.97. The molecule has 4 rings (SSSR count). The van der Waals surface area contributed by atoms with Gasteiger partial charge in [-0.3, -0.25) is 14.6 Å². The number of likely N-dealkylation sites (tertiary alicyclic amines) is 1. The molecule has 0 bridgehead atoms. The topological polar surface area (TPSA) is 89.3 Å². The summed E-state index contributed by atoms with van der Waals surface area (Å²) in [6.07, 6.45) is 5.92. The molecular formula is C24H21ClFN3O4. The second-order valence-electron chi connectivity index (χ2n) is 7.58. The van der Waals surface area contributed by atoms with Crippen molar-refractivity contribution in [2.24, 2.45) is 0 Å². The van der Waals surface area contributed by atoms with Crippen LogP contribution in [0.2, 0.25) is 5.02 Å². The molecule has 2 aromatic carbocycles. The molecule has 1 aromatic heterocycles. The van der Waals surface area contributed by atoms with Gasteiger partial charge in [-0.1, -0.05) is 35.6 Å². The van der Waals surface area contributed by atoms with Gasteiger partial charge < -0.3 is 14.7 Å². The highest BCUT2D eigenvalue weighted by Crippen LogP contribution is 2.39. The van der Waals surface area contributed by atoms with Crippen molar-refractivity contribution in [2.75, 3.05) is 13.7 Å². The number of halogens is 2. The molecule has 1 unspecified atom stereocenters. The van der Waals surface area contributed by atoms with E-state index in [1.54, 1.807) is 18.6 Å². The fraction of sp³-hybridized carbons (Fsp3) is 0.208. The van der Waals surface area contributed by atoms with Gasteiger partial charge in [0.25, 0.3) is 5.91 Å². The van der Waals surface area contributed by atoms with Gasteiger partial charge in [0.1, 0.15) is 24.0 Å². The van der Waals surface area contributed by atoms with E-state index in [1.807, 2.05) is 10.8 Å². The molecule has 1 atom stereocenters. The zero-order valence-corrected chi connectivity index (χ0v) is 18.5. The average molecular weight is 470 g/mol. The number of aromatic amines is 1. The van der Waals surface area contributed by atoms with Crippen molar-refractivity contribution in [3.8, 4) is 5.75 Å². The Hall–Kier alpha value is -3.65. The summed E-state index contributed by atoms with van der Waals surface area (Å²) in [5.74, 6) is -2.46. The van der Waals surface area contributed by atoms with Crippen LogP contribution >= 0.6 is 11.6 Å². The van der Waals surface area contributed by atoms with Crippen LogP contribution < -0.4 is 14.4 Å². The molecule has 3 aromatic rings. The van der Waals surface area contributed by atoms with E-state index in [-0.39, 0.29) is 22.7 Å². The van der Waals surface area contributed by atoms with E-state index in [2.05, 4.69) is 4.98 Å². The lowest BCUT2D eigenvalue weighted by atomic mass is 9.95. The number of nitrogens with zero attached hydrogens (tertiary/aromatic N) is 2. The number of carbonyl (C=O) groups excluding carboxylic acids is 2. The summed E-state index contributed by atoms with van der Waals surface area (Å²) >= 11 is 6.16. The molecule has 0 radical (unpaired) electrons. The number of aryl methyl sites for hydroxylation is 1. The largest absolute Gasteiger partial charge is 0.872 e. The number of aromatic nitrogens is 2. The predicted molar refractivity (Wildman–Crippen MR) is 116 cm³/mol. The Morgan fingerprint density at radius 1 is 1.27 bits per heavy atom. The normalized spacial score (nSPS) is 17.5.